The fraction of sp³-hybridized carbons (Fsp3) is 0.741. The summed E-state index contributed by atoms with van der Waals surface area (Å²) in [6.07, 6.45) is 2.18. The van der Waals surface area contributed by atoms with E-state index in [1.165, 1.54) is 17.4 Å². The predicted molar refractivity (Wildman–Crippen MR) is 142 cm³/mol. The van der Waals surface area contributed by atoms with Crippen LogP contribution in [0.1, 0.15) is 90.3 Å². The van der Waals surface area contributed by atoms with Crippen molar-refractivity contribution in [2.45, 2.75) is 110 Å². The summed E-state index contributed by atoms with van der Waals surface area (Å²) in [5, 5.41) is 33.8. The molecule has 37 heavy (non-hydrogen) atoms. The minimum atomic E-state index is -1.94. The largest absolute Gasteiger partial charge is 0.454 e. The molecule has 2 aliphatic heterocycles. The fourth-order valence-corrected chi connectivity index (χ4v) is 6.11. The van der Waals surface area contributed by atoms with Gasteiger partial charge in [-0.2, -0.15) is 0 Å². The summed E-state index contributed by atoms with van der Waals surface area (Å²) >= 11 is 7.77. The number of aromatic nitrogens is 1. The van der Waals surface area contributed by atoms with E-state index in [0.29, 0.717) is 23.0 Å². The number of fused-ring (bicyclic) bond motifs is 1. The lowest BCUT2D eigenvalue weighted by molar-refractivity contribution is -0.164. The Labute approximate surface area is 228 Å². The van der Waals surface area contributed by atoms with Crippen LogP contribution in [-0.2, 0) is 25.7 Å². The number of epoxide rings is 1. The molecule has 8 nitrogen and oxygen atoms in total. The number of nitrogens with zero attached hydrogens (tertiary/aromatic N) is 1. The number of carbonyl (C=O) groups is 2. The van der Waals surface area contributed by atoms with E-state index in [9.17, 15) is 24.9 Å². The summed E-state index contributed by atoms with van der Waals surface area (Å²) in [6, 6.07) is 0. The Morgan fingerprint density at radius 1 is 1.30 bits per heavy atom. The molecule has 0 amide bonds. The Kier molecular flexibility index (Phi) is 9.63. The summed E-state index contributed by atoms with van der Waals surface area (Å²) in [7, 11) is 0. The molecular formula is C27H40ClNO7S. The van der Waals surface area contributed by atoms with Crippen LogP contribution < -0.4 is 0 Å². The molecule has 0 aliphatic carbocycles. The van der Waals surface area contributed by atoms with Gasteiger partial charge in [-0.25, -0.2) is 4.98 Å². The van der Waals surface area contributed by atoms with Gasteiger partial charge in [0.25, 0.3) is 0 Å². The van der Waals surface area contributed by atoms with Gasteiger partial charge < -0.3 is 24.8 Å². The van der Waals surface area contributed by atoms with Gasteiger partial charge in [-0.15, -0.1) is 11.3 Å². The number of rotatable bonds is 4. The number of aliphatic hydroxyl groups is 3. The third kappa shape index (κ3) is 6.81. The first-order valence-electron chi connectivity index (χ1n) is 13.0. The zero-order chi connectivity index (χ0) is 27.6. The zero-order valence-corrected chi connectivity index (χ0v) is 23.9. The molecule has 6 unspecified atom stereocenters. The average molecular weight is 558 g/mol. The highest BCUT2D eigenvalue weighted by Crippen LogP contribution is 2.53. The number of hydrogen-bond donors (Lipinski definition) is 3. The number of aliphatic hydroxyl groups excluding tert-OH is 2. The van der Waals surface area contributed by atoms with Crippen molar-refractivity contribution in [1.29, 1.82) is 0 Å². The molecule has 0 bridgehead atoms. The minimum Gasteiger partial charge on any atom is -0.454 e. The lowest BCUT2D eigenvalue weighted by Gasteiger charge is -2.30. The van der Waals surface area contributed by atoms with E-state index in [-0.39, 0.29) is 36.2 Å². The van der Waals surface area contributed by atoms with Crippen molar-refractivity contribution in [3.63, 3.8) is 0 Å². The van der Waals surface area contributed by atoms with Crippen LogP contribution in [0.25, 0.3) is 6.08 Å². The zero-order valence-electron chi connectivity index (χ0n) is 22.3. The van der Waals surface area contributed by atoms with Crippen LogP contribution in [0, 0.1) is 17.3 Å². The third-order valence-corrected chi connectivity index (χ3v) is 9.00. The number of Topliss-reactive ketones (excluding diaryl/α,β-unsaturated/α-hetero) is 1. The Balaban J connectivity index is 1.91. The van der Waals surface area contributed by atoms with E-state index in [2.05, 4.69) is 11.9 Å². The lowest BCUT2D eigenvalue weighted by atomic mass is 9.74. The van der Waals surface area contributed by atoms with Crippen molar-refractivity contribution in [2.75, 3.05) is 0 Å². The van der Waals surface area contributed by atoms with Gasteiger partial charge in [-0.05, 0) is 44.6 Å². The van der Waals surface area contributed by atoms with Crippen LogP contribution >= 0.6 is 22.9 Å². The molecular weight excluding hydrogens is 518 g/mol. The maximum absolute atomic E-state index is 13.4. The summed E-state index contributed by atoms with van der Waals surface area (Å²) in [5.41, 5.74) is -1.33. The molecule has 1 aromatic rings. The molecule has 3 heterocycles. The quantitative estimate of drug-likeness (QED) is 0.362. The van der Waals surface area contributed by atoms with Gasteiger partial charge in [0.05, 0.1) is 17.3 Å². The minimum absolute atomic E-state index is 0.0435. The molecule has 208 valence electrons. The molecule has 0 radical (unpaired) electrons. The maximum Gasteiger partial charge on any atom is 0.306 e. The second-order valence-corrected chi connectivity index (χ2v) is 12.7. The summed E-state index contributed by atoms with van der Waals surface area (Å²) in [4.78, 5) is 30.5. The molecule has 3 N–H and O–H groups in total. The Hall–Kier alpha value is -1.36. The number of halogens is 1. The maximum atomic E-state index is 13.4. The van der Waals surface area contributed by atoms with Crippen molar-refractivity contribution in [1.82, 2.24) is 4.98 Å². The number of ether oxygens (including phenoxy) is 2. The van der Waals surface area contributed by atoms with Crippen molar-refractivity contribution in [3.05, 3.63) is 21.1 Å². The standard InChI is InChI=1S/C27H40ClNO7S/c1-6-17-12-16(2)8-7-10-26(5)27(34,36-26)24(33)22(19(28)13-18-15-37-20(14-30)29-18)35-21(31)9-11-25(3,4)23(17)32/h13,15-17,22,24,30,33-34H,6-12,14H2,1-5H3. The van der Waals surface area contributed by atoms with Crippen LogP contribution in [0.3, 0.4) is 0 Å². The topological polar surface area (TPSA) is 129 Å². The normalized spacial score (nSPS) is 36.1. The van der Waals surface area contributed by atoms with Crippen LogP contribution in [0.2, 0.25) is 0 Å². The predicted octanol–water partition coefficient (Wildman–Crippen LogP) is 4.58. The lowest BCUT2D eigenvalue weighted by Crippen LogP contribution is -2.46. The van der Waals surface area contributed by atoms with Gasteiger partial charge >= 0.3 is 5.97 Å². The first kappa shape index (κ1) is 30.2. The number of carbonyl (C=O) groups excluding carboxylic acids is 2. The SMILES string of the molecule is CCC1CC(C)CCCC2(C)OC2(O)C(O)C(C(Cl)=Cc2csc(CO)n2)OC(=O)CCC(C)(C)C1=O. The molecule has 0 saturated carbocycles. The molecule has 0 aromatic carbocycles. The van der Waals surface area contributed by atoms with E-state index in [4.69, 9.17) is 21.1 Å². The Morgan fingerprint density at radius 3 is 2.62 bits per heavy atom. The first-order valence-corrected chi connectivity index (χ1v) is 14.3. The molecule has 1 aromatic heterocycles. The summed E-state index contributed by atoms with van der Waals surface area (Å²) in [5.74, 6) is -2.23. The molecule has 10 heteroatoms. The highest BCUT2D eigenvalue weighted by atomic mass is 35.5. The van der Waals surface area contributed by atoms with Gasteiger partial charge in [-0.3, -0.25) is 9.59 Å². The molecule has 2 saturated heterocycles. The second-order valence-electron chi connectivity index (χ2n) is 11.3. The summed E-state index contributed by atoms with van der Waals surface area (Å²) in [6.45, 7) is 9.34. The Morgan fingerprint density at radius 2 is 2.00 bits per heavy atom. The van der Waals surface area contributed by atoms with E-state index in [1.807, 2.05) is 20.8 Å². The van der Waals surface area contributed by atoms with E-state index in [0.717, 1.165) is 25.7 Å². The van der Waals surface area contributed by atoms with Gasteiger partial charge in [0.15, 0.2) is 12.2 Å². The number of hydrogen-bond acceptors (Lipinski definition) is 9. The van der Waals surface area contributed by atoms with Crippen molar-refractivity contribution >= 4 is 40.8 Å². The number of ketones is 1. The smallest absolute Gasteiger partial charge is 0.306 e. The number of esters is 1. The highest BCUT2D eigenvalue weighted by Gasteiger charge is 2.72. The van der Waals surface area contributed by atoms with Gasteiger partial charge in [0.1, 0.15) is 16.4 Å². The summed E-state index contributed by atoms with van der Waals surface area (Å²) < 4.78 is 11.3. The Bertz CT molecular complexity index is 1010. The third-order valence-electron chi connectivity index (χ3n) is 7.83. The number of thiazole rings is 1. The van der Waals surface area contributed by atoms with Gasteiger partial charge in [0.2, 0.25) is 5.79 Å². The highest BCUT2D eigenvalue weighted by molar-refractivity contribution is 7.09. The fourth-order valence-electron chi connectivity index (χ4n) is 5.23. The van der Waals surface area contributed by atoms with Crippen LogP contribution in [0.15, 0.2) is 10.4 Å². The monoisotopic (exact) mass is 557 g/mol. The second kappa shape index (κ2) is 11.8. The van der Waals surface area contributed by atoms with Gasteiger partial charge in [0, 0.05) is 23.1 Å². The molecule has 3 rings (SSSR count). The van der Waals surface area contributed by atoms with Crippen LogP contribution in [-0.4, -0.2) is 55.7 Å². The molecule has 0 spiro atoms. The van der Waals surface area contributed by atoms with Gasteiger partial charge in [-0.1, -0.05) is 52.1 Å². The first-order chi connectivity index (χ1) is 17.3. The van der Waals surface area contributed by atoms with Crippen molar-refractivity contribution in [3.8, 4) is 0 Å². The van der Waals surface area contributed by atoms with Crippen molar-refractivity contribution < 1.29 is 34.4 Å². The molecule has 2 fully saturated rings. The van der Waals surface area contributed by atoms with E-state index >= 15 is 0 Å². The average Bonchev–Trinajstić information content (AvgIpc) is 3.16. The van der Waals surface area contributed by atoms with E-state index in [1.54, 1.807) is 12.3 Å². The molecule has 6 atom stereocenters. The van der Waals surface area contributed by atoms with Crippen molar-refractivity contribution in [2.24, 2.45) is 17.3 Å². The number of cyclic esters (lactones) is 1. The van der Waals surface area contributed by atoms with Crippen LogP contribution in [0.4, 0.5) is 0 Å². The molecule has 2 aliphatic rings. The van der Waals surface area contributed by atoms with Crippen LogP contribution in [0.5, 0.6) is 0 Å². The van der Waals surface area contributed by atoms with E-state index < -0.39 is 35.0 Å².